The molecule has 0 spiro atoms. The number of rotatable bonds is 7. The van der Waals surface area contributed by atoms with E-state index in [0.29, 0.717) is 23.2 Å². The highest BCUT2D eigenvalue weighted by atomic mass is 127. The lowest BCUT2D eigenvalue weighted by molar-refractivity contribution is -0.122. The number of hydrogen-bond donors (Lipinski definition) is 0. The number of methoxy groups -OCH3 is 1. The summed E-state index contributed by atoms with van der Waals surface area (Å²) in [7, 11) is 1.62. The van der Waals surface area contributed by atoms with E-state index in [1.165, 1.54) is 23.9 Å². The average molecular weight is 588 g/mol. The van der Waals surface area contributed by atoms with Crippen molar-refractivity contribution >= 4 is 57.2 Å². The molecular formula is C26H22FIN2O3S. The van der Waals surface area contributed by atoms with E-state index in [-0.39, 0.29) is 11.7 Å². The van der Waals surface area contributed by atoms with Crippen LogP contribution in [0.15, 0.2) is 76.6 Å². The van der Waals surface area contributed by atoms with E-state index in [1.54, 1.807) is 24.1 Å². The minimum atomic E-state index is -0.270. The average Bonchev–Trinajstić information content (AvgIpc) is 3.13. The first-order valence-electron chi connectivity index (χ1n) is 10.6. The fourth-order valence-corrected chi connectivity index (χ4v) is 5.01. The molecule has 0 saturated carbocycles. The van der Waals surface area contributed by atoms with Crippen LogP contribution >= 0.6 is 34.4 Å². The third kappa shape index (κ3) is 5.79. The predicted octanol–water partition coefficient (Wildman–Crippen LogP) is 6.64. The molecule has 0 aromatic heterocycles. The van der Waals surface area contributed by atoms with Gasteiger partial charge in [-0.3, -0.25) is 9.69 Å². The second-order valence-corrected chi connectivity index (χ2v) is 9.53. The van der Waals surface area contributed by atoms with Crippen LogP contribution < -0.4 is 9.47 Å². The maximum Gasteiger partial charge on any atom is 0.266 e. The molecular weight excluding hydrogens is 566 g/mol. The lowest BCUT2D eigenvalue weighted by atomic mass is 10.2. The third-order valence-electron chi connectivity index (χ3n) is 5.06. The van der Waals surface area contributed by atoms with Crippen molar-refractivity contribution in [1.82, 2.24) is 4.90 Å². The summed E-state index contributed by atoms with van der Waals surface area (Å²) in [4.78, 5) is 19.9. The zero-order chi connectivity index (χ0) is 24.1. The first-order chi connectivity index (χ1) is 16.5. The van der Waals surface area contributed by atoms with E-state index in [0.717, 1.165) is 31.9 Å². The van der Waals surface area contributed by atoms with Crippen LogP contribution in [0.5, 0.6) is 11.5 Å². The molecule has 0 radical (unpaired) electrons. The number of halogens is 2. The van der Waals surface area contributed by atoms with Gasteiger partial charge in [0.25, 0.3) is 5.91 Å². The van der Waals surface area contributed by atoms with Gasteiger partial charge in [-0.2, -0.15) is 0 Å². The van der Waals surface area contributed by atoms with Crippen molar-refractivity contribution in [2.45, 2.75) is 13.5 Å². The van der Waals surface area contributed by atoms with Crippen LogP contribution in [-0.4, -0.2) is 29.6 Å². The number of carbonyl (C=O) groups is 1. The van der Waals surface area contributed by atoms with Gasteiger partial charge in [0.2, 0.25) is 0 Å². The molecule has 1 amide bonds. The number of amides is 1. The summed E-state index contributed by atoms with van der Waals surface area (Å²) in [5.41, 5.74) is 2.55. The van der Waals surface area contributed by atoms with Gasteiger partial charge in [0.1, 0.15) is 23.9 Å². The summed E-state index contributed by atoms with van der Waals surface area (Å²) >= 11 is 3.57. The highest BCUT2D eigenvalue weighted by Crippen LogP contribution is 2.35. The first kappa shape index (κ1) is 24.3. The fraction of sp³-hybridized carbons (Fsp3) is 0.154. The molecule has 8 heteroatoms. The Labute approximate surface area is 215 Å². The molecule has 1 fully saturated rings. The summed E-state index contributed by atoms with van der Waals surface area (Å²) in [6.45, 7) is 2.81. The van der Waals surface area contributed by atoms with Crippen molar-refractivity contribution in [3.8, 4) is 11.5 Å². The summed E-state index contributed by atoms with van der Waals surface area (Å²) in [5.74, 6) is 1.15. The number of likely N-dealkylation sites (N-methyl/N-ethyl adjacent to an activating group) is 1. The van der Waals surface area contributed by atoms with Crippen molar-refractivity contribution in [3.05, 3.63) is 92.1 Å². The van der Waals surface area contributed by atoms with E-state index in [9.17, 15) is 9.18 Å². The monoisotopic (exact) mass is 588 g/mol. The molecule has 0 atom stereocenters. The van der Waals surface area contributed by atoms with Crippen LogP contribution in [0.2, 0.25) is 0 Å². The summed E-state index contributed by atoms with van der Waals surface area (Å²) in [6.07, 6.45) is 1.87. The Hall–Kier alpha value is -2.85. The number of nitrogens with zero attached hydrogens (tertiary/aromatic N) is 2. The SMILES string of the molecule is CCN1C(=O)/C(=C\c2ccc(OCc3ccc(F)cc3)c(I)c2)SC1=Nc1ccc(OC)cc1. The molecule has 1 saturated heterocycles. The molecule has 3 aromatic carbocycles. The van der Waals surface area contributed by atoms with Crippen molar-refractivity contribution in [3.63, 3.8) is 0 Å². The normalized spacial score (nSPS) is 15.9. The van der Waals surface area contributed by atoms with Gasteiger partial charge in [-0.25, -0.2) is 9.38 Å². The maximum absolute atomic E-state index is 13.1. The van der Waals surface area contributed by atoms with Crippen molar-refractivity contribution in [1.29, 1.82) is 0 Å². The standard InChI is InChI=1S/C26H22FIN2O3S/c1-3-30-25(31)24(34-26(30)29-20-9-11-21(32-2)12-10-20)15-18-6-13-23(22(28)14-18)33-16-17-4-7-19(27)8-5-17/h4-15H,3,16H2,1-2H3/b24-15+,29-26?. The Bertz CT molecular complexity index is 1240. The van der Waals surface area contributed by atoms with E-state index in [4.69, 9.17) is 9.47 Å². The smallest absolute Gasteiger partial charge is 0.266 e. The van der Waals surface area contributed by atoms with Gasteiger partial charge in [-0.15, -0.1) is 0 Å². The van der Waals surface area contributed by atoms with Gasteiger partial charge in [0.05, 0.1) is 21.3 Å². The van der Waals surface area contributed by atoms with Crippen LogP contribution in [0.25, 0.3) is 6.08 Å². The zero-order valence-electron chi connectivity index (χ0n) is 18.6. The van der Waals surface area contributed by atoms with Gasteiger partial charge < -0.3 is 9.47 Å². The van der Waals surface area contributed by atoms with Gasteiger partial charge in [0.15, 0.2) is 5.17 Å². The minimum absolute atomic E-state index is 0.0635. The Balaban J connectivity index is 1.49. The molecule has 0 aliphatic carbocycles. The molecule has 1 aliphatic rings. The predicted molar refractivity (Wildman–Crippen MR) is 143 cm³/mol. The molecule has 1 heterocycles. The third-order valence-corrected chi connectivity index (χ3v) is 6.91. The zero-order valence-corrected chi connectivity index (χ0v) is 21.6. The lowest BCUT2D eigenvalue weighted by Crippen LogP contribution is -2.28. The van der Waals surface area contributed by atoms with Crippen molar-refractivity contribution in [2.24, 2.45) is 4.99 Å². The summed E-state index contributed by atoms with van der Waals surface area (Å²) < 4.78 is 25.1. The molecule has 34 heavy (non-hydrogen) atoms. The van der Waals surface area contributed by atoms with Crippen LogP contribution in [0.1, 0.15) is 18.1 Å². The fourth-order valence-electron chi connectivity index (χ4n) is 3.25. The molecule has 0 unspecified atom stereocenters. The molecule has 174 valence electrons. The lowest BCUT2D eigenvalue weighted by Gasteiger charge is -2.12. The molecule has 0 N–H and O–H groups in total. The molecule has 4 rings (SSSR count). The quantitative estimate of drug-likeness (QED) is 0.230. The second-order valence-electron chi connectivity index (χ2n) is 7.36. The molecule has 3 aromatic rings. The number of thioether (sulfide) groups is 1. The van der Waals surface area contributed by atoms with Gasteiger partial charge >= 0.3 is 0 Å². The number of aliphatic imine (C=N–C) groups is 1. The number of carbonyl (C=O) groups excluding carboxylic acids is 1. The highest BCUT2D eigenvalue weighted by molar-refractivity contribution is 14.1. The molecule has 1 aliphatic heterocycles. The van der Waals surface area contributed by atoms with Crippen molar-refractivity contribution < 1.29 is 18.7 Å². The van der Waals surface area contributed by atoms with E-state index in [1.807, 2.05) is 55.5 Å². The summed E-state index contributed by atoms with van der Waals surface area (Å²) in [5, 5.41) is 0.651. The Morgan fingerprint density at radius 1 is 1.09 bits per heavy atom. The number of benzene rings is 3. The van der Waals surface area contributed by atoms with Gasteiger partial charge in [0, 0.05) is 6.54 Å². The number of amidine groups is 1. The Morgan fingerprint density at radius 2 is 1.82 bits per heavy atom. The Kier molecular flexibility index (Phi) is 7.89. The van der Waals surface area contributed by atoms with Crippen LogP contribution in [0.3, 0.4) is 0 Å². The van der Waals surface area contributed by atoms with Crippen molar-refractivity contribution in [2.75, 3.05) is 13.7 Å². The van der Waals surface area contributed by atoms with Gasteiger partial charge in [-0.1, -0.05) is 18.2 Å². The van der Waals surface area contributed by atoms with E-state index in [2.05, 4.69) is 27.6 Å². The minimum Gasteiger partial charge on any atom is -0.497 e. The highest BCUT2D eigenvalue weighted by Gasteiger charge is 2.32. The first-order valence-corrected chi connectivity index (χ1v) is 12.5. The maximum atomic E-state index is 13.1. The van der Waals surface area contributed by atoms with Crippen LogP contribution in [0, 0.1) is 9.39 Å². The van der Waals surface area contributed by atoms with Crippen LogP contribution in [-0.2, 0) is 11.4 Å². The molecule has 0 bridgehead atoms. The number of ether oxygens (including phenoxy) is 2. The van der Waals surface area contributed by atoms with Crippen LogP contribution in [0.4, 0.5) is 10.1 Å². The summed E-state index contributed by atoms with van der Waals surface area (Å²) in [6, 6.07) is 19.4. The Morgan fingerprint density at radius 3 is 2.47 bits per heavy atom. The van der Waals surface area contributed by atoms with E-state index < -0.39 is 0 Å². The van der Waals surface area contributed by atoms with Gasteiger partial charge in [-0.05, 0) is 107 Å². The largest absolute Gasteiger partial charge is 0.497 e. The second kappa shape index (κ2) is 11.1. The molecule has 5 nitrogen and oxygen atoms in total. The number of hydrogen-bond acceptors (Lipinski definition) is 5. The van der Waals surface area contributed by atoms with E-state index >= 15 is 0 Å². The topological polar surface area (TPSA) is 51.1 Å².